The van der Waals surface area contributed by atoms with Crippen LogP contribution in [0.4, 0.5) is 16.2 Å². The molecule has 0 unspecified atom stereocenters. The van der Waals surface area contributed by atoms with Gasteiger partial charge in [-0.15, -0.1) is 0 Å². The Labute approximate surface area is 214 Å². The number of carbonyl (C=O) groups is 3. The number of imide groups is 1. The molecule has 4 amide bonds. The van der Waals surface area contributed by atoms with E-state index >= 15 is 0 Å². The number of ether oxygens (including phenoxy) is 2. The summed E-state index contributed by atoms with van der Waals surface area (Å²) in [5, 5.41) is 5.71. The molecule has 0 aliphatic carbocycles. The predicted molar refractivity (Wildman–Crippen MR) is 137 cm³/mol. The molecule has 178 valence electrons. The van der Waals surface area contributed by atoms with Crippen molar-refractivity contribution in [2.75, 3.05) is 23.9 Å². The van der Waals surface area contributed by atoms with Gasteiger partial charge in [0.2, 0.25) is 0 Å². The van der Waals surface area contributed by atoms with Gasteiger partial charge in [-0.1, -0.05) is 51.8 Å². The summed E-state index contributed by atoms with van der Waals surface area (Å²) in [4.78, 5) is 38.6. The molecule has 4 rings (SSSR count). The Kier molecular flexibility index (Phi) is 7.38. The van der Waals surface area contributed by atoms with Gasteiger partial charge >= 0.3 is 6.03 Å². The second-order valence-electron chi connectivity index (χ2n) is 7.34. The van der Waals surface area contributed by atoms with Crippen LogP contribution in [-0.4, -0.2) is 31.6 Å². The smallest absolute Gasteiger partial charge is 0.333 e. The van der Waals surface area contributed by atoms with Crippen molar-refractivity contribution in [2.24, 2.45) is 0 Å². The van der Waals surface area contributed by atoms with E-state index in [0.717, 1.165) is 4.90 Å². The van der Waals surface area contributed by atoms with E-state index in [4.69, 9.17) is 21.1 Å². The molecule has 1 fully saturated rings. The predicted octanol–water partition coefficient (Wildman–Crippen LogP) is 5.23. The van der Waals surface area contributed by atoms with E-state index in [1.807, 2.05) is 18.2 Å². The van der Waals surface area contributed by atoms with Crippen molar-refractivity contribution in [1.29, 1.82) is 0 Å². The Hall–Kier alpha value is -3.82. The van der Waals surface area contributed by atoms with Crippen LogP contribution in [-0.2, 0) is 9.59 Å². The summed E-state index contributed by atoms with van der Waals surface area (Å²) >= 11 is 9.45. The molecule has 3 aromatic rings. The van der Waals surface area contributed by atoms with E-state index in [9.17, 15) is 14.4 Å². The quantitative estimate of drug-likeness (QED) is 0.307. The molecule has 0 bridgehead atoms. The minimum absolute atomic E-state index is 0.0774. The van der Waals surface area contributed by atoms with Crippen molar-refractivity contribution in [3.63, 3.8) is 0 Å². The summed E-state index contributed by atoms with van der Waals surface area (Å²) < 4.78 is 11.6. The zero-order valence-electron chi connectivity index (χ0n) is 18.4. The summed E-state index contributed by atoms with van der Waals surface area (Å²) in [5.74, 6) is -0.190. The van der Waals surface area contributed by atoms with Crippen LogP contribution >= 0.6 is 27.5 Å². The molecule has 0 atom stereocenters. The topological polar surface area (TPSA) is 97.0 Å². The fraction of sp³-hybridized carbons (Fsp3) is 0.0800. The highest BCUT2D eigenvalue weighted by molar-refractivity contribution is 9.10. The van der Waals surface area contributed by atoms with Gasteiger partial charge in [0.25, 0.3) is 11.8 Å². The van der Waals surface area contributed by atoms with E-state index < -0.39 is 11.9 Å². The molecule has 2 N–H and O–H groups in total. The van der Waals surface area contributed by atoms with Gasteiger partial charge in [-0.05, 0) is 54.1 Å². The zero-order valence-corrected chi connectivity index (χ0v) is 20.7. The first kappa shape index (κ1) is 24.3. The Balaban J connectivity index is 1.51. The van der Waals surface area contributed by atoms with Gasteiger partial charge < -0.3 is 20.1 Å². The van der Waals surface area contributed by atoms with Gasteiger partial charge in [0.1, 0.15) is 5.70 Å². The number of anilines is 2. The summed E-state index contributed by atoms with van der Waals surface area (Å²) in [6.45, 7) is -0.235. The number of nitrogens with one attached hydrogen (secondary N) is 2. The molecule has 1 saturated heterocycles. The molecular formula is C25H19BrClN3O5. The number of carbonyl (C=O) groups excluding carboxylic acids is 3. The molecular weight excluding hydrogens is 538 g/mol. The Morgan fingerprint density at radius 3 is 2.57 bits per heavy atom. The molecule has 1 heterocycles. The van der Waals surface area contributed by atoms with Crippen molar-refractivity contribution < 1.29 is 23.9 Å². The van der Waals surface area contributed by atoms with Crippen LogP contribution in [0, 0.1) is 0 Å². The maximum absolute atomic E-state index is 12.9. The monoisotopic (exact) mass is 555 g/mol. The SMILES string of the molecule is COc1cc(/C=C2/NC(=O)N(c3cccc(Cl)c3)C2=O)c(Br)cc1OCC(=O)Nc1ccccc1. The van der Waals surface area contributed by atoms with Crippen molar-refractivity contribution in [1.82, 2.24) is 5.32 Å². The number of nitrogens with zero attached hydrogens (tertiary/aromatic N) is 1. The number of hydrogen-bond acceptors (Lipinski definition) is 5. The van der Waals surface area contributed by atoms with Gasteiger partial charge in [-0.2, -0.15) is 0 Å². The fourth-order valence-corrected chi connectivity index (χ4v) is 3.96. The van der Waals surface area contributed by atoms with Crippen LogP contribution in [0.25, 0.3) is 6.08 Å². The molecule has 0 aromatic heterocycles. The van der Waals surface area contributed by atoms with E-state index in [0.29, 0.717) is 37.9 Å². The number of methoxy groups -OCH3 is 1. The van der Waals surface area contributed by atoms with Crippen molar-refractivity contribution in [3.8, 4) is 11.5 Å². The third-order valence-corrected chi connectivity index (χ3v) is 5.87. The highest BCUT2D eigenvalue weighted by Crippen LogP contribution is 2.35. The van der Waals surface area contributed by atoms with Crippen LogP contribution in [0.2, 0.25) is 5.02 Å². The average molecular weight is 557 g/mol. The number of benzene rings is 3. The number of halogens is 2. The Morgan fingerprint density at radius 2 is 1.86 bits per heavy atom. The van der Waals surface area contributed by atoms with Gasteiger partial charge in [-0.3, -0.25) is 9.59 Å². The minimum Gasteiger partial charge on any atom is -0.493 e. The fourth-order valence-electron chi connectivity index (χ4n) is 3.34. The number of rotatable bonds is 7. The van der Waals surface area contributed by atoms with E-state index in [1.54, 1.807) is 42.5 Å². The number of para-hydroxylation sites is 1. The molecule has 0 radical (unpaired) electrons. The molecule has 3 aromatic carbocycles. The first-order valence-electron chi connectivity index (χ1n) is 10.3. The largest absolute Gasteiger partial charge is 0.493 e. The lowest BCUT2D eigenvalue weighted by Gasteiger charge is -2.13. The third-order valence-electron chi connectivity index (χ3n) is 4.94. The van der Waals surface area contributed by atoms with Gasteiger partial charge in [-0.25, -0.2) is 9.69 Å². The zero-order chi connectivity index (χ0) is 24.9. The molecule has 1 aliphatic heterocycles. The molecule has 10 heteroatoms. The van der Waals surface area contributed by atoms with Crippen molar-refractivity contribution in [2.45, 2.75) is 0 Å². The van der Waals surface area contributed by atoms with E-state index in [2.05, 4.69) is 26.6 Å². The normalized spacial score (nSPS) is 14.1. The second kappa shape index (κ2) is 10.6. The lowest BCUT2D eigenvalue weighted by Crippen LogP contribution is -2.30. The van der Waals surface area contributed by atoms with Crippen LogP contribution < -0.4 is 25.0 Å². The summed E-state index contributed by atoms with van der Waals surface area (Å²) in [6.07, 6.45) is 1.52. The standard InChI is InChI=1S/C25H19BrClN3O5/c1-34-21-11-15(10-20-24(32)30(25(33)29-20)18-9-5-6-16(27)12-18)19(26)13-22(21)35-14-23(31)28-17-7-3-2-4-8-17/h2-13H,14H2,1H3,(H,28,31)(H,29,33)/b20-10+. The number of hydrogen-bond donors (Lipinski definition) is 2. The minimum atomic E-state index is -0.587. The third kappa shape index (κ3) is 5.64. The second-order valence-corrected chi connectivity index (χ2v) is 8.63. The lowest BCUT2D eigenvalue weighted by molar-refractivity contribution is -0.118. The Morgan fingerprint density at radius 1 is 1.09 bits per heavy atom. The van der Waals surface area contributed by atoms with Crippen LogP contribution in [0.15, 0.2) is 76.9 Å². The first-order chi connectivity index (χ1) is 16.9. The summed E-state index contributed by atoms with van der Waals surface area (Å²) in [7, 11) is 1.46. The molecule has 1 aliphatic rings. The molecule has 8 nitrogen and oxygen atoms in total. The highest BCUT2D eigenvalue weighted by atomic mass is 79.9. The lowest BCUT2D eigenvalue weighted by atomic mass is 10.1. The maximum Gasteiger partial charge on any atom is 0.333 e. The molecule has 0 saturated carbocycles. The maximum atomic E-state index is 12.9. The summed E-state index contributed by atoms with van der Waals surface area (Å²) in [6, 6.07) is 18.1. The van der Waals surface area contributed by atoms with Crippen molar-refractivity contribution >= 4 is 62.8 Å². The van der Waals surface area contributed by atoms with Crippen molar-refractivity contribution in [3.05, 3.63) is 87.5 Å². The van der Waals surface area contributed by atoms with Crippen LogP contribution in [0.3, 0.4) is 0 Å². The van der Waals surface area contributed by atoms with Crippen LogP contribution in [0.1, 0.15) is 5.56 Å². The first-order valence-corrected chi connectivity index (χ1v) is 11.5. The summed E-state index contributed by atoms with van der Waals surface area (Å²) in [5.41, 5.74) is 1.65. The van der Waals surface area contributed by atoms with Gasteiger partial charge in [0.05, 0.1) is 12.8 Å². The van der Waals surface area contributed by atoms with Crippen LogP contribution in [0.5, 0.6) is 11.5 Å². The number of amides is 4. The van der Waals surface area contributed by atoms with E-state index in [-0.39, 0.29) is 18.2 Å². The van der Waals surface area contributed by atoms with Gasteiger partial charge in [0.15, 0.2) is 18.1 Å². The molecule has 0 spiro atoms. The molecule has 35 heavy (non-hydrogen) atoms. The average Bonchev–Trinajstić information content (AvgIpc) is 3.12. The highest BCUT2D eigenvalue weighted by Gasteiger charge is 2.35. The van der Waals surface area contributed by atoms with Gasteiger partial charge in [0, 0.05) is 15.2 Å². The number of urea groups is 1. The van der Waals surface area contributed by atoms with E-state index in [1.165, 1.54) is 19.3 Å². The Bertz CT molecular complexity index is 1330.